The summed E-state index contributed by atoms with van der Waals surface area (Å²) in [4.78, 5) is 19.2. The lowest BCUT2D eigenvalue weighted by Crippen LogP contribution is -2.50. The van der Waals surface area contributed by atoms with E-state index in [9.17, 15) is 4.79 Å². The van der Waals surface area contributed by atoms with Crippen LogP contribution >= 0.6 is 12.2 Å². The number of unbranched alkanes of at least 4 members (excludes halogenated alkanes) is 1. The summed E-state index contributed by atoms with van der Waals surface area (Å²) in [7, 11) is 3.42. The van der Waals surface area contributed by atoms with E-state index in [4.69, 9.17) is 36.0 Å². The second kappa shape index (κ2) is 19.9. The summed E-state index contributed by atoms with van der Waals surface area (Å²) in [6.45, 7) is 13.4. The number of allylic oxidation sites excluding steroid dienone is 3. The largest absolute Gasteiger partial charge is 0.382 e. The van der Waals surface area contributed by atoms with Gasteiger partial charge in [-0.1, -0.05) is 70.8 Å². The summed E-state index contributed by atoms with van der Waals surface area (Å²) in [5.41, 5.74) is 3.17. The van der Waals surface area contributed by atoms with E-state index in [0.717, 1.165) is 54.4 Å². The summed E-state index contributed by atoms with van der Waals surface area (Å²) < 4.78 is 21.6. The average Bonchev–Trinajstić information content (AvgIpc) is 3.41. The Balaban J connectivity index is 1.22. The molecule has 49 heavy (non-hydrogen) atoms. The summed E-state index contributed by atoms with van der Waals surface area (Å²) in [6.07, 6.45) is 23.3. The van der Waals surface area contributed by atoms with Crippen molar-refractivity contribution in [3.63, 3.8) is 0 Å². The van der Waals surface area contributed by atoms with Crippen LogP contribution in [0.4, 0.5) is 0 Å². The van der Waals surface area contributed by atoms with Gasteiger partial charge in [-0.15, -0.1) is 0 Å². The first-order chi connectivity index (χ1) is 23.6. The van der Waals surface area contributed by atoms with Crippen LogP contribution < -0.4 is 0 Å². The van der Waals surface area contributed by atoms with Crippen molar-refractivity contribution >= 4 is 23.6 Å². The Morgan fingerprint density at radius 3 is 2.43 bits per heavy atom. The van der Waals surface area contributed by atoms with E-state index in [0.29, 0.717) is 51.7 Å². The molecule has 0 amide bonds. The number of ether oxygens (including phenoxy) is 4. The monoisotopic (exact) mass is 701 g/mol. The molecule has 3 saturated carbocycles. The van der Waals surface area contributed by atoms with E-state index in [1.807, 2.05) is 12.2 Å². The zero-order chi connectivity index (χ0) is 35.3. The predicted octanol–water partition coefficient (Wildman–Crippen LogP) is 8.92. The van der Waals surface area contributed by atoms with Crippen molar-refractivity contribution in [2.24, 2.45) is 46.3 Å². The molecule has 3 fully saturated rings. The van der Waals surface area contributed by atoms with Crippen LogP contribution in [0.15, 0.2) is 35.6 Å². The van der Waals surface area contributed by atoms with Gasteiger partial charge < -0.3 is 23.8 Å². The molecule has 0 N–H and O–H groups in total. The highest BCUT2D eigenvalue weighted by Crippen LogP contribution is 2.67. The maximum atomic E-state index is 13.4. The maximum absolute atomic E-state index is 13.4. The van der Waals surface area contributed by atoms with Gasteiger partial charge in [0.05, 0.1) is 52.2 Å². The molecule has 0 radical (unpaired) electrons. The molecule has 4 aliphatic carbocycles. The summed E-state index contributed by atoms with van der Waals surface area (Å²) >= 11 is 5.05. The van der Waals surface area contributed by atoms with Gasteiger partial charge in [0.1, 0.15) is 0 Å². The van der Waals surface area contributed by atoms with Crippen LogP contribution in [0.3, 0.4) is 0 Å². The number of hydrogen-bond donors (Lipinski definition) is 0. The third-order valence-corrected chi connectivity index (χ3v) is 12.8. The van der Waals surface area contributed by atoms with Gasteiger partial charge >= 0.3 is 5.97 Å². The van der Waals surface area contributed by atoms with Crippen LogP contribution in [-0.4, -0.2) is 76.8 Å². The topological polar surface area (TPSA) is 66.5 Å². The molecule has 4 aliphatic rings. The third kappa shape index (κ3) is 11.0. The fraction of sp³-hybridized carbons (Fsp3) is 0.805. The van der Waals surface area contributed by atoms with Gasteiger partial charge in [0.2, 0.25) is 0 Å². The summed E-state index contributed by atoms with van der Waals surface area (Å²) in [5, 5.41) is 3.07. The van der Waals surface area contributed by atoms with E-state index < -0.39 is 0 Å². The molecule has 4 rings (SSSR count). The molecule has 0 aromatic rings. The van der Waals surface area contributed by atoms with Crippen molar-refractivity contribution in [2.75, 3.05) is 60.4 Å². The third-order valence-electron chi connectivity index (χ3n) is 12.7. The number of thiocarbonyl (C=S) groups is 1. The lowest BCUT2D eigenvalue weighted by Gasteiger charge is -2.58. The predicted molar refractivity (Wildman–Crippen MR) is 201 cm³/mol. The van der Waals surface area contributed by atoms with Gasteiger partial charge in [0.15, 0.2) is 0 Å². The first kappa shape index (κ1) is 40.2. The minimum atomic E-state index is -0.135. The lowest BCUT2D eigenvalue weighted by atomic mass is 9.47. The normalized spacial score (nSPS) is 31.3. The molecule has 0 bridgehead atoms. The number of carbonyl (C=O) groups excluding carboxylic acids is 1. The Kier molecular flexibility index (Phi) is 16.3. The van der Waals surface area contributed by atoms with Gasteiger partial charge in [-0.2, -0.15) is 0 Å². The zero-order valence-corrected chi connectivity index (χ0v) is 32.4. The van der Waals surface area contributed by atoms with Crippen molar-refractivity contribution in [1.82, 2.24) is 5.06 Å². The lowest BCUT2D eigenvalue weighted by molar-refractivity contribution is -0.180. The molecule has 0 aromatic heterocycles. The zero-order valence-electron chi connectivity index (χ0n) is 31.6. The van der Waals surface area contributed by atoms with Crippen LogP contribution in [0, 0.1) is 46.3 Å². The SMILES string of the molecule is COCCOCCOCCOCC(/C=C\N(C)OC(=O)C1CCC2(C)C(=CCC3C2CCC2(C)C(CCCCC(C)C)CCC32)C1)=C/C=S. The highest BCUT2D eigenvalue weighted by molar-refractivity contribution is 7.79. The number of hydroxylamine groups is 2. The average molecular weight is 702 g/mol. The highest BCUT2D eigenvalue weighted by atomic mass is 32.1. The van der Waals surface area contributed by atoms with Crippen molar-refractivity contribution < 1.29 is 28.6 Å². The molecule has 8 heteroatoms. The van der Waals surface area contributed by atoms with E-state index in [1.165, 1.54) is 68.4 Å². The first-order valence-electron chi connectivity index (χ1n) is 19.3. The quantitative estimate of drug-likeness (QED) is 0.0294. The van der Waals surface area contributed by atoms with Gasteiger partial charge in [0.25, 0.3) is 0 Å². The molecule has 7 nitrogen and oxygen atoms in total. The van der Waals surface area contributed by atoms with Gasteiger partial charge in [-0.05, 0) is 116 Å². The number of nitrogens with zero attached hydrogens (tertiary/aromatic N) is 1. The standard InChI is InChI=1S/C41H67NO6S/c1-31(2)9-7-8-10-34-12-14-37-36-13-11-35-29-33(15-19-41(35,4)38(36)16-20-40(34,37)3)39(43)48-42(5)21-17-32(18-28-49)30-47-27-26-46-25-24-45-23-22-44-6/h11,17-18,21,28,31,33-34,36-38H,7-10,12-16,19-20,22-27,29-30H2,1-6H3/b21-17-,32-18+. The Labute approximate surface area is 303 Å². The van der Waals surface area contributed by atoms with E-state index >= 15 is 0 Å². The Morgan fingerprint density at radius 2 is 1.71 bits per heavy atom. The molecule has 278 valence electrons. The Bertz CT molecular complexity index is 1140. The smallest absolute Gasteiger partial charge is 0.335 e. The molecule has 0 aromatic carbocycles. The summed E-state index contributed by atoms with van der Waals surface area (Å²) in [6, 6.07) is 0. The van der Waals surface area contributed by atoms with Crippen LogP contribution in [0.2, 0.25) is 0 Å². The van der Waals surface area contributed by atoms with Crippen molar-refractivity contribution in [1.29, 1.82) is 0 Å². The number of rotatable bonds is 21. The molecule has 0 spiro atoms. The fourth-order valence-corrected chi connectivity index (χ4v) is 10.0. The Morgan fingerprint density at radius 1 is 0.980 bits per heavy atom. The molecule has 7 atom stereocenters. The molecule has 0 saturated heterocycles. The van der Waals surface area contributed by atoms with Crippen LogP contribution in [0.25, 0.3) is 0 Å². The van der Waals surface area contributed by atoms with Crippen molar-refractivity contribution in [3.8, 4) is 0 Å². The maximum Gasteiger partial charge on any atom is 0.335 e. The molecule has 0 heterocycles. The van der Waals surface area contributed by atoms with Crippen molar-refractivity contribution in [3.05, 3.63) is 35.6 Å². The fourth-order valence-electron chi connectivity index (χ4n) is 9.85. The van der Waals surface area contributed by atoms with Crippen LogP contribution in [0.1, 0.15) is 105 Å². The van der Waals surface area contributed by atoms with E-state index in [1.54, 1.807) is 25.7 Å². The number of fused-ring (bicyclic) bond motifs is 5. The van der Waals surface area contributed by atoms with Gasteiger partial charge in [0, 0.05) is 25.7 Å². The van der Waals surface area contributed by atoms with E-state index in [-0.39, 0.29) is 17.3 Å². The van der Waals surface area contributed by atoms with Crippen molar-refractivity contribution in [2.45, 2.75) is 105 Å². The molecular weight excluding hydrogens is 635 g/mol. The highest BCUT2D eigenvalue weighted by Gasteiger charge is 2.58. The number of hydrogen-bond acceptors (Lipinski definition) is 8. The minimum absolute atomic E-state index is 0.0908. The van der Waals surface area contributed by atoms with E-state index in [2.05, 4.69) is 33.8 Å². The molecular formula is C41H67NO6S. The minimum Gasteiger partial charge on any atom is -0.382 e. The second-order valence-corrected chi connectivity index (χ2v) is 16.4. The number of carbonyl (C=O) groups is 1. The van der Waals surface area contributed by atoms with Gasteiger partial charge in [-0.3, -0.25) is 0 Å². The number of methoxy groups -OCH3 is 1. The first-order valence-corrected chi connectivity index (χ1v) is 19.8. The van der Waals surface area contributed by atoms with Gasteiger partial charge in [-0.25, -0.2) is 9.86 Å². The summed E-state index contributed by atoms with van der Waals surface area (Å²) in [5.74, 6) is 3.95. The molecule has 7 unspecified atom stereocenters. The van der Waals surface area contributed by atoms with Crippen LogP contribution in [-0.2, 0) is 28.6 Å². The van der Waals surface area contributed by atoms with Crippen LogP contribution in [0.5, 0.6) is 0 Å². The Hall–Kier alpha value is -1.58. The second-order valence-electron chi connectivity index (χ2n) is 16.1. The molecule has 0 aliphatic heterocycles.